The van der Waals surface area contributed by atoms with Crippen LogP contribution < -0.4 is 0 Å². The van der Waals surface area contributed by atoms with Crippen LogP contribution in [-0.4, -0.2) is 21.6 Å². The van der Waals surface area contributed by atoms with Gasteiger partial charge in [0.05, 0.1) is 4.92 Å². The van der Waals surface area contributed by atoms with E-state index >= 15 is 0 Å². The number of non-ortho nitro benzene ring substituents is 1. The standard InChI is InChI=1S/C16H9ClN2O4/c17-11-2-5-12(6-3-11)18-8-10-1-4-13(19(22)23)7-14(10)16(18)15(21)9-20/h1-9H. The molecule has 0 radical (unpaired) electrons. The molecule has 3 rings (SSSR count). The van der Waals surface area contributed by atoms with Crippen LogP contribution >= 0.6 is 11.6 Å². The molecule has 3 aromatic rings. The van der Waals surface area contributed by atoms with Crippen molar-refractivity contribution >= 4 is 40.1 Å². The Kier molecular flexibility index (Phi) is 3.67. The Labute approximate surface area is 135 Å². The van der Waals surface area contributed by atoms with Crippen molar-refractivity contribution in [2.45, 2.75) is 0 Å². The van der Waals surface area contributed by atoms with Crippen molar-refractivity contribution in [1.29, 1.82) is 0 Å². The number of nitro groups is 1. The van der Waals surface area contributed by atoms with Gasteiger partial charge in [-0.05, 0) is 30.3 Å². The molecule has 0 aliphatic rings. The van der Waals surface area contributed by atoms with Gasteiger partial charge in [0.25, 0.3) is 5.69 Å². The second kappa shape index (κ2) is 5.66. The van der Waals surface area contributed by atoms with Gasteiger partial charge in [-0.3, -0.25) is 19.7 Å². The summed E-state index contributed by atoms with van der Waals surface area (Å²) in [5.74, 6) is -0.754. The number of carbonyl (C=O) groups is 2. The summed E-state index contributed by atoms with van der Waals surface area (Å²) < 4.78 is 1.53. The van der Waals surface area contributed by atoms with Crippen LogP contribution in [0.2, 0.25) is 5.02 Å². The number of halogens is 1. The molecule has 0 atom stereocenters. The van der Waals surface area contributed by atoms with E-state index in [1.54, 1.807) is 36.5 Å². The van der Waals surface area contributed by atoms with E-state index in [2.05, 4.69) is 0 Å². The van der Waals surface area contributed by atoms with E-state index in [9.17, 15) is 19.7 Å². The molecule has 0 aliphatic heterocycles. The maximum atomic E-state index is 12.0. The highest BCUT2D eigenvalue weighted by Crippen LogP contribution is 2.29. The molecule has 1 aromatic heterocycles. The van der Waals surface area contributed by atoms with Gasteiger partial charge in [0.1, 0.15) is 5.69 Å². The van der Waals surface area contributed by atoms with Crippen molar-refractivity contribution < 1.29 is 14.5 Å². The number of nitrogens with zero attached hydrogens (tertiary/aromatic N) is 2. The number of aldehydes is 1. The normalized spacial score (nSPS) is 10.7. The quantitative estimate of drug-likeness (QED) is 0.241. The number of rotatable bonds is 4. The Bertz CT molecular complexity index is 945. The molecule has 0 unspecified atom stereocenters. The summed E-state index contributed by atoms with van der Waals surface area (Å²) in [5.41, 5.74) is 0.561. The van der Waals surface area contributed by atoms with E-state index in [1.807, 2.05) is 0 Å². The molecular formula is C16H9ClN2O4. The molecule has 6 nitrogen and oxygen atoms in total. The lowest BCUT2D eigenvalue weighted by Crippen LogP contribution is -2.08. The number of Topliss-reactive ketones (excluding diaryl/α,β-unsaturated/α-hetero) is 1. The molecular weight excluding hydrogens is 320 g/mol. The first-order chi connectivity index (χ1) is 11.0. The second-order valence-corrected chi connectivity index (χ2v) is 5.27. The Morgan fingerprint density at radius 2 is 1.87 bits per heavy atom. The fraction of sp³-hybridized carbons (Fsp3) is 0. The fourth-order valence-corrected chi connectivity index (χ4v) is 2.55. The summed E-state index contributed by atoms with van der Waals surface area (Å²) in [6.45, 7) is 0. The van der Waals surface area contributed by atoms with Crippen molar-refractivity contribution in [3.63, 3.8) is 0 Å². The maximum Gasteiger partial charge on any atom is 0.270 e. The molecule has 0 bridgehead atoms. The predicted molar refractivity (Wildman–Crippen MR) is 85.3 cm³/mol. The highest BCUT2D eigenvalue weighted by atomic mass is 35.5. The van der Waals surface area contributed by atoms with Gasteiger partial charge in [-0.25, -0.2) is 0 Å². The third-order valence-electron chi connectivity index (χ3n) is 3.46. The summed E-state index contributed by atoms with van der Waals surface area (Å²) in [6, 6.07) is 10.9. The SMILES string of the molecule is O=CC(=O)c1c2cc([N+](=O)[O-])ccc2cn1-c1ccc(Cl)cc1. The highest BCUT2D eigenvalue weighted by molar-refractivity contribution is 6.36. The lowest BCUT2D eigenvalue weighted by molar-refractivity contribution is -0.384. The summed E-state index contributed by atoms with van der Waals surface area (Å²) in [7, 11) is 0. The van der Waals surface area contributed by atoms with Crippen molar-refractivity contribution in [2.24, 2.45) is 0 Å². The van der Waals surface area contributed by atoms with Gasteiger partial charge in [0, 0.05) is 39.8 Å². The van der Waals surface area contributed by atoms with Crippen molar-refractivity contribution in [2.75, 3.05) is 0 Å². The summed E-state index contributed by atoms with van der Waals surface area (Å²) in [5, 5.41) is 12.4. The molecule has 1 heterocycles. The van der Waals surface area contributed by atoms with Gasteiger partial charge < -0.3 is 4.57 Å². The number of fused-ring (bicyclic) bond motifs is 1. The minimum absolute atomic E-state index is 0.0843. The number of benzene rings is 2. The topological polar surface area (TPSA) is 82.2 Å². The van der Waals surface area contributed by atoms with Crippen LogP contribution in [0.25, 0.3) is 16.5 Å². The van der Waals surface area contributed by atoms with Crippen LogP contribution in [0.3, 0.4) is 0 Å². The van der Waals surface area contributed by atoms with E-state index in [4.69, 9.17) is 11.6 Å². The van der Waals surface area contributed by atoms with Gasteiger partial charge in [0.15, 0.2) is 6.29 Å². The molecule has 0 amide bonds. The largest absolute Gasteiger partial charge is 0.312 e. The smallest absolute Gasteiger partial charge is 0.270 e. The number of hydrogen-bond donors (Lipinski definition) is 0. The predicted octanol–water partition coefficient (Wildman–Crippen LogP) is 3.57. The van der Waals surface area contributed by atoms with E-state index in [-0.39, 0.29) is 17.7 Å². The molecule has 0 N–H and O–H groups in total. The summed E-state index contributed by atoms with van der Waals surface area (Å²) in [4.78, 5) is 33.4. The molecule has 114 valence electrons. The van der Waals surface area contributed by atoms with Gasteiger partial charge in [-0.15, -0.1) is 0 Å². The van der Waals surface area contributed by atoms with Crippen LogP contribution in [0.5, 0.6) is 0 Å². The Morgan fingerprint density at radius 1 is 1.17 bits per heavy atom. The maximum absolute atomic E-state index is 12.0. The van der Waals surface area contributed by atoms with Gasteiger partial charge in [-0.1, -0.05) is 11.6 Å². The molecule has 23 heavy (non-hydrogen) atoms. The fourth-order valence-electron chi connectivity index (χ4n) is 2.42. The van der Waals surface area contributed by atoms with Gasteiger partial charge >= 0.3 is 0 Å². The lowest BCUT2D eigenvalue weighted by Gasteiger charge is -2.06. The molecule has 0 fully saturated rings. The number of carbonyl (C=O) groups excluding carboxylic acids is 2. The van der Waals surface area contributed by atoms with Crippen LogP contribution in [0.15, 0.2) is 48.7 Å². The van der Waals surface area contributed by atoms with Gasteiger partial charge in [0.2, 0.25) is 5.78 Å². The van der Waals surface area contributed by atoms with E-state index < -0.39 is 10.7 Å². The van der Waals surface area contributed by atoms with E-state index in [0.717, 1.165) is 0 Å². The molecule has 0 aliphatic carbocycles. The minimum atomic E-state index is -0.754. The van der Waals surface area contributed by atoms with Crippen LogP contribution in [0, 0.1) is 10.1 Å². The zero-order valence-corrected chi connectivity index (χ0v) is 12.4. The molecule has 2 aromatic carbocycles. The van der Waals surface area contributed by atoms with Crippen molar-refractivity contribution in [1.82, 2.24) is 4.57 Å². The van der Waals surface area contributed by atoms with E-state index in [0.29, 0.717) is 21.5 Å². The average Bonchev–Trinajstić information content (AvgIpc) is 2.93. The molecule has 0 saturated heterocycles. The Hall–Kier alpha value is -2.99. The third-order valence-corrected chi connectivity index (χ3v) is 3.71. The van der Waals surface area contributed by atoms with E-state index in [1.165, 1.54) is 16.7 Å². The number of hydrogen-bond acceptors (Lipinski definition) is 4. The zero-order valence-electron chi connectivity index (χ0n) is 11.6. The van der Waals surface area contributed by atoms with Gasteiger partial charge in [-0.2, -0.15) is 0 Å². The van der Waals surface area contributed by atoms with Crippen molar-refractivity contribution in [3.8, 4) is 5.69 Å². The van der Waals surface area contributed by atoms with Crippen LogP contribution in [0.4, 0.5) is 5.69 Å². The summed E-state index contributed by atoms with van der Waals surface area (Å²) >= 11 is 5.86. The second-order valence-electron chi connectivity index (χ2n) is 4.83. The Balaban J connectivity index is 2.32. The molecule has 0 spiro atoms. The van der Waals surface area contributed by atoms with Crippen LogP contribution in [-0.2, 0) is 4.79 Å². The summed E-state index contributed by atoms with van der Waals surface area (Å²) in [6.07, 6.45) is 1.85. The molecule has 0 saturated carbocycles. The number of aromatic nitrogens is 1. The van der Waals surface area contributed by atoms with Crippen LogP contribution in [0.1, 0.15) is 10.5 Å². The number of nitro benzene ring substituents is 1. The third kappa shape index (κ3) is 2.60. The Morgan fingerprint density at radius 3 is 2.48 bits per heavy atom. The average molecular weight is 329 g/mol. The first-order valence-corrected chi connectivity index (χ1v) is 6.94. The van der Waals surface area contributed by atoms with Crippen molar-refractivity contribution in [3.05, 3.63) is 69.5 Å². The first-order valence-electron chi connectivity index (χ1n) is 6.56. The lowest BCUT2D eigenvalue weighted by atomic mass is 10.1. The molecule has 7 heteroatoms. The zero-order chi connectivity index (χ0) is 16.6. The highest BCUT2D eigenvalue weighted by Gasteiger charge is 2.19. The minimum Gasteiger partial charge on any atom is -0.312 e. The monoisotopic (exact) mass is 328 g/mol. The first kappa shape index (κ1) is 14.9. The number of ketones is 1.